The molecule has 2 heterocycles. The van der Waals surface area contributed by atoms with Crippen molar-refractivity contribution >= 4 is 69.2 Å². The van der Waals surface area contributed by atoms with Crippen molar-refractivity contribution in [3.05, 3.63) is 138 Å². The molecule has 0 bridgehead atoms. The van der Waals surface area contributed by atoms with E-state index in [1.807, 2.05) is 11.3 Å². The second-order valence-electron chi connectivity index (χ2n) is 9.92. The topological polar surface area (TPSA) is 4.93 Å². The molecule has 8 rings (SSSR count). The maximum absolute atomic E-state index is 3.58. The van der Waals surface area contributed by atoms with Gasteiger partial charge in [0.15, 0.2) is 0 Å². The summed E-state index contributed by atoms with van der Waals surface area (Å²) in [6, 6.07) is 48.6. The molecule has 0 saturated heterocycles. The lowest BCUT2D eigenvalue weighted by Gasteiger charge is -2.12. The zero-order valence-electron chi connectivity index (χ0n) is 20.9. The first-order chi connectivity index (χ1) is 19.2. The quantitative estimate of drug-likeness (QED) is 0.196. The summed E-state index contributed by atoms with van der Waals surface area (Å²) in [5.74, 6) is 0. The Kier molecular flexibility index (Phi) is 5.22. The second kappa shape index (κ2) is 8.94. The molecule has 0 radical (unpaired) electrons. The van der Waals surface area contributed by atoms with Crippen LogP contribution >= 0.6 is 27.3 Å². The Bertz CT molecular complexity index is 2180. The Balaban J connectivity index is 1.39. The Morgan fingerprint density at radius 2 is 1.10 bits per heavy atom. The number of hydrogen-bond acceptors (Lipinski definition) is 1. The third kappa shape index (κ3) is 3.65. The van der Waals surface area contributed by atoms with Gasteiger partial charge in [0, 0.05) is 41.1 Å². The van der Waals surface area contributed by atoms with Gasteiger partial charge in [0.05, 0.1) is 11.0 Å². The zero-order chi connectivity index (χ0) is 25.9. The maximum Gasteiger partial charge on any atom is 0.0547 e. The van der Waals surface area contributed by atoms with E-state index >= 15 is 0 Å². The van der Waals surface area contributed by atoms with Crippen molar-refractivity contribution in [1.29, 1.82) is 0 Å². The van der Waals surface area contributed by atoms with Crippen molar-refractivity contribution in [2.24, 2.45) is 0 Å². The molecule has 0 N–H and O–H groups in total. The lowest BCUT2D eigenvalue weighted by Crippen LogP contribution is -1.94. The van der Waals surface area contributed by atoms with Crippen LogP contribution in [0.5, 0.6) is 0 Å². The van der Waals surface area contributed by atoms with Crippen molar-refractivity contribution < 1.29 is 0 Å². The third-order valence-corrected chi connectivity index (χ3v) is 9.37. The molecule has 0 unspecified atom stereocenters. The smallest absolute Gasteiger partial charge is 0.0547 e. The van der Waals surface area contributed by atoms with Gasteiger partial charge in [-0.15, -0.1) is 11.3 Å². The van der Waals surface area contributed by atoms with E-state index in [0.29, 0.717) is 0 Å². The Hall–Kier alpha value is -4.18. The van der Waals surface area contributed by atoms with Gasteiger partial charge in [-0.2, -0.15) is 0 Å². The van der Waals surface area contributed by atoms with Crippen molar-refractivity contribution in [1.82, 2.24) is 4.57 Å². The highest BCUT2D eigenvalue weighted by atomic mass is 79.9. The summed E-state index contributed by atoms with van der Waals surface area (Å²) in [5.41, 5.74) is 8.53. The van der Waals surface area contributed by atoms with Gasteiger partial charge >= 0.3 is 0 Å². The highest BCUT2D eigenvalue weighted by molar-refractivity contribution is 9.10. The van der Waals surface area contributed by atoms with Gasteiger partial charge < -0.3 is 4.57 Å². The van der Waals surface area contributed by atoms with Crippen LogP contribution in [0.2, 0.25) is 0 Å². The zero-order valence-corrected chi connectivity index (χ0v) is 23.3. The number of rotatable bonds is 3. The molecular weight excluding hydrogens is 558 g/mol. The van der Waals surface area contributed by atoms with Gasteiger partial charge in [-0.1, -0.05) is 101 Å². The van der Waals surface area contributed by atoms with Crippen LogP contribution in [0, 0.1) is 0 Å². The minimum absolute atomic E-state index is 1.09. The van der Waals surface area contributed by atoms with E-state index in [4.69, 9.17) is 0 Å². The number of thiophene rings is 1. The summed E-state index contributed by atoms with van der Waals surface area (Å²) in [4.78, 5) is 0. The Morgan fingerprint density at radius 3 is 1.95 bits per heavy atom. The molecule has 8 aromatic rings. The number of hydrogen-bond donors (Lipinski definition) is 0. The minimum Gasteiger partial charge on any atom is -0.309 e. The molecule has 0 saturated carbocycles. The largest absolute Gasteiger partial charge is 0.309 e. The fourth-order valence-corrected chi connectivity index (χ4v) is 7.24. The Morgan fingerprint density at radius 1 is 0.462 bits per heavy atom. The molecule has 3 heteroatoms. The van der Waals surface area contributed by atoms with Crippen LogP contribution in [0.4, 0.5) is 0 Å². The third-order valence-electron chi connectivity index (χ3n) is 7.69. The predicted molar refractivity (Wildman–Crippen MR) is 172 cm³/mol. The summed E-state index contributed by atoms with van der Waals surface area (Å²) < 4.78 is 6.18. The van der Waals surface area contributed by atoms with Crippen LogP contribution in [-0.4, -0.2) is 4.57 Å². The van der Waals surface area contributed by atoms with Crippen LogP contribution in [-0.2, 0) is 0 Å². The second-order valence-corrected chi connectivity index (χ2v) is 11.9. The summed E-state index contributed by atoms with van der Waals surface area (Å²) in [7, 11) is 0. The Labute approximate surface area is 238 Å². The molecule has 184 valence electrons. The molecule has 39 heavy (non-hydrogen) atoms. The minimum atomic E-state index is 1.09. The van der Waals surface area contributed by atoms with E-state index in [-0.39, 0.29) is 0 Å². The lowest BCUT2D eigenvalue weighted by atomic mass is 9.94. The molecule has 6 aromatic carbocycles. The molecule has 0 spiro atoms. The highest BCUT2D eigenvalue weighted by Gasteiger charge is 2.16. The van der Waals surface area contributed by atoms with Gasteiger partial charge in [-0.05, 0) is 70.8 Å². The molecular formula is C36H22BrNS. The van der Waals surface area contributed by atoms with Gasteiger partial charge in [-0.3, -0.25) is 0 Å². The lowest BCUT2D eigenvalue weighted by molar-refractivity contribution is 1.19. The standard InChI is InChI=1S/C36H22BrNS/c37-25-16-13-23(14-17-25)27-7-1-2-8-28(27)24-15-19-30-29-9-3-5-11-33(29)38(34(30)21-24)26-18-20-36-32(22-26)31-10-4-6-12-35(31)39-36/h1-22H. The number of benzene rings is 6. The first-order valence-corrected chi connectivity index (χ1v) is 14.7. The van der Waals surface area contributed by atoms with Crippen molar-refractivity contribution in [2.45, 2.75) is 0 Å². The first kappa shape index (κ1) is 22.8. The first-order valence-electron chi connectivity index (χ1n) is 13.0. The summed E-state index contributed by atoms with van der Waals surface area (Å²) >= 11 is 5.44. The van der Waals surface area contributed by atoms with Crippen molar-refractivity contribution in [3.63, 3.8) is 0 Å². The summed E-state index contributed by atoms with van der Waals surface area (Å²) in [6.45, 7) is 0. The van der Waals surface area contributed by atoms with E-state index in [1.54, 1.807) is 0 Å². The van der Waals surface area contributed by atoms with E-state index < -0.39 is 0 Å². The van der Waals surface area contributed by atoms with E-state index in [2.05, 4.69) is 154 Å². The fourth-order valence-electron chi connectivity index (χ4n) is 5.89. The molecule has 0 amide bonds. The van der Waals surface area contributed by atoms with Crippen molar-refractivity contribution in [3.8, 4) is 27.9 Å². The predicted octanol–water partition coefficient (Wildman–Crippen LogP) is 11.2. The number of halogens is 1. The van der Waals surface area contributed by atoms with Crippen LogP contribution in [0.15, 0.2) is 138 Å². The van der Waals surface area contributed by atoms with Gasteiger partial charge in [-0.25, -0.2) is 0 Å². The van der Waals surface area contributed by atoms with Gasteiger partial charge in [0.1, 0.15) is 0 Å². The highest BCUT2D eigenvalue weighted by Crippen LogP contribution is 2.40. The van der Waals surface area contributed by atoms with Crippen LogP contribution in [0.25, 0.3) is 69.9 Å². The van der Waals surface area contributed by atoms with Crippen molar-refractivity contribution in [2.75, 3.05) is 0 Å². The van der Waals surface area contributed by atoms with Crippen LogP contribution < -0.4 is 0 Å². The summed E-state index contributed by atoms with van der Waals surface area (Å²) in [5, 5.41) is 5.18. The van der Waals surface area contributed by atoms with E-state index in [9.17, 15) is 0 Å². The molecule has 0 atom stereocenters. The SMILES string of the molecule is Brc1ccc(-c2ccccc2-c2ccc3c4ccccc4n(-c4ccc5sc6ccccc6c5c4)c3c2)cc1. The maximum atomic E-state index is 3.58. The monoisotopic (exact) mass is 579 g/mol. The molecule has 0 aliphatic carbocycles. The molecule has 0 fully saturated rings. The number of aromatic nitrogens is 1. The van der Waals surface area contributed by atoms with Gasteiger partial charge in [0.2, 0.25) is 0 Å². The van der Waals surface area contributed by atoms with Crippen LogP contribution in [0.1, 0.15) is 0 Å². The number of fused-ring (bicyclic) bond motifs is 6. The molecule has 0 aliphatic heterocycles. The fraction of sp³-hybridized carbons (Fsp3) is 0. The molecule has 0 aliphatic rings. The van der Waals surface area contributed by atoms with E-state index in [0.717, 1.165) is 4.47 Å². The number of para-hydroxylation sites is 1. The normalized spacial score (nSPS) is 11.7. The van der Waals surface area contributed by atoms with Gasteiger partial charge in [0.25, 0.3) is 0 Å². The number of nitrogens with zero attached hydrogens (tertiary/aromatic N) is 1. The molecule has 1 nitrogen and oxygen atoms in total. The van der Waals surface area contributed by atoms with Crippen LogP contribution in [0.3, 0.4) is 0 Å². The molecule has 2 aromatic heterocycles. The average molecular weight is 581 g/mol. The average Bonchev–Trinajstić information content (AvgIpc) is 3.52. The summed E-state index contributed by atoms with van der Waals surface area (Å²) in [6.07, 6.45) is 0. The van der Waals surface area contributed by atoms with E-state index in [1.165, 1.54) is 69.9 Å².